The van der Waals surface area contributed by atoms with E-state index in [1.807, 2.05) is 20.8 Å². The van der Waals surface area contributed by atoms with Crippen LogP contribution in [0.1, 0.15) is 32.8 Å². The molecule has 0 aromatic heterocycles. The molecule has 0 spiro atoms. The molecule has 0 fully saturated rings. The first-order valence-electron chi connectivity index (χ1n) is 6.05. The first-order valence-corrected chi connectivity index (χ1v) is 6.05. The zero-order chi connectivity index (χ0) is 13.8. The molecule has 1 atom stereocenters. The van der Waals surface area contributed by atoms with Gasteiger partial charge in [0, 0.05) is 24.2 Å². The zero-order valence-electron chi connectivity index (χ0n) is 11.0. The maximum Gasteiger partial charge on any atom is 0.269 e. The minimum Gasteiger partial charge on any atom is -0.392 e. The highest BCUT2D eigenvalue weighted by Crippen LogP contribution is 2.22. The van der Waals surface area contributed by atoms with E-state index in [2.05, 4.69) is 5.32 Å². The topological polar surface area (TPSA) is 75.4 Å². The van der Waals surface area contributed by atoms with Crippen molar-refractivity contribution in [2.45, 2.75) is 38.8 Å². The molecular weight excluding hydrogens is 232 g/mol. The summed E-state index contributed by atoms with van der Waals surface area (Å²) < 4.78 is 0. The molecule has 0 aliphatic carbocycles. The van der Waals surface area contributed by atoms with Crippen molar-refractivity contribution in [2.75, 3.05) is 6.54 Å². The molecular formula is C13H20N2O3. The third-order valence-corrected chi connectivity index (χ3v) is 3.05. The van der Waals surface area contributed by atoms with Crippen LogP contribution in [-0.2, 0) is 5.54 Å². The molecule has 0 saturated heterocycles. The maximum absolute atomic E-state index is 10.6. The molecule has 2 N–H and O–H groups in total. The van der Waals surface area contributed by atoms with Crippen molar-refractivity contribution in [1.82, 2.24) is 5.32 Å². The molecule has 5 heteroatoms. The molecule has 100 valence electrons. The number of nitro benzene ring substituents is 1. The number of nitro groups is 1. The van der Waals surface area contributed by atoms with E-state index in [1.165, 1.54) is 12.1 Å². The van der Waals surface area contributed by atoms with Gasteiger partial charge in [-0.05, 0) is 25.8 Å². The Kier molecular flexibility index (Phi) is 4.81. The summed E-state index contributed by atoms with van der Waals surface area (Å²) in [5.41, 5.74) is 0.713. The van der Waals surface area contributed by atoms with E-state index in [1.54, 1.807) is 12.1 Å². The van der Waals surface area contributed by atoms with E-state index >= 15 is 0 Å². The van der Waals surface area contributed by atoms with Crippen molar-refractivity contribution in [3.05, 3.63) is 39.9 Å². The lowest BCUT2D eigenvalue weighted by atomic mass is 9.94. The Labute approximate surface area is 107 Å². The standard InChI is InChI=1S/C13H20N2O3/c1-4-12(16)9-14-13(2,3)10-5-7-11(8-6-10)15(17)18/h5-8,12,14,16H,4,9H2,1-3H3/t12-/m1/s1. The van der Waals surface area contributed by atoms with Crippen molar-refractivity contribution in [1.29, 1.82) is 0 Å². The highest BCUT2D eigenvalue weighted by molar-refractivity contribution is 5.35. The first kappa shape index (κ1) is 14.6. The van der Waals surface area contributed by atoms with Gasteiger partial charge in [0.05, 0.1) is 11.0 Å². The van der Waals surface area contributed by atoms with E-state index in [0.717, 1.165) is 5.56 Å². The summed E-state index contributed by atoms with van der Waals surface area (Å²) in [6.45, 7) is 6.39. The zero-order valence-corrected chi connectivity index (χ0v) is 11.0. The molecule has 1 aromatic carbocycles. The van der Waals surface area contributed by atoms with Gasteiger partial charge in [-0.1, -0.05) is 19.1 Å². The Morgan fingerprint density at radius 1 is 1.39 bits per heavy atom. The number of aliphatic hydroxyl groups excluding tert-OH is 1. The smallest absolute Gasteiger partial charge is 0.269 e. The normalized spacial score (nSPS) is 13.3. The lowest BCUT2D eigenvalue weighted by Crippen LogP contribution is -2.41. The molecule has 0 bridgehead atoms. The molecule has 0 heterocycles. The fraction of sp³-hybridized carbons (Fsp3) is 0.538. The van der Waals surface area contributed by atoms with Crippen LogP contribution < -0.4 is 5.32 Å². The number of nitrogens with one attached hydrogen (secondary N) is 1. The Balaban J connectivity index is 2.75. The van der Waals surface area contributed by atoms with Gasteiger partial charge in [-0.3, -0.25) is 10.1 Å². The lowest BCUT2D eigenvalue weighted by molar-refractivity contribution is -0.384. The van der Waals surface area contributed by atoms with Crippen molar-refractivity contribution in [2.24, 2.45) is 0 Å². The Morgan fingerprint density at radius 3 is 2.39 bits per heavy atom. The molecule has 1 rings (SSSR count). The van der Waals surface area contributed by atoms with Crippen molar-refractivity contribution in [3.63, 3.8) is 0 Å². The molecule has 0 aliphatic rings. The number of non-ortho nitro benzene ring substituents is 1. The number of nitrogens with zero attached hydrogens (tertiary/aromatic N) is 1. The van der Waals surface area contributed by atoms with Crippen LogP contribution in [0.5, 0.6) is 0 Å². The van der Waals surface area contributed by atoms with Crippen molar-refractivity contribution >= 4 is 5.69 Å². The summed E-state index contributed by atoms with van der Waals surface area (Å²) in [6, 6.07) is 6.47. The lowest BCUT2D eigenvalue weighted by Gasteiger charge is -2.28. The second kappa shape index (κ2) is 5.93. The molecule has 0 unspecified atom stereocenters. The second-order valence-corrected chi connectivity index (χ2v) is 4.87. The minimum absolute atomic E-state index is 0.0862. The van der Waals surface area contributed by atoms with Gasteiger partial charge < -0.3 is 10.4 Å². The number of hydrogen-bond donors (Lipinski definition) is 2. The second-order valence-electron chi connectivity index (χ2n) is 4.87. The molecule has 0 amide bonds. The van der Waals surface area contributed by atoms with Crippen LogP contribution in [0, 0.1) is 10.1 Å². The average molecular weight is 252 g/mol. The molecule has 0 saturated carbocycles. The van der Waals surface area contributed by atoms with Gasteiger partial charge in [0.1, 0.15) is 0 Å². The maximum atomic E-state index is 10.6. The SMILES string of the molecule is CC[C@@H](O)CNC(C)(C)c1ccc([N+](=O)[O-])cc1. The van der Waals surface area contributed by atoms with Crippen LogP contribution in [-0.4, -0.2) is 22.7 Å². The van der Waals surface area contributed by atoms with Crippen LogP contribution >= 0.6 is 0 Å². The quantitative estimate of drug-likeness (QED) is 0.601. The van der Waals surface area contributed by atoms with E-state index in [-0.39, 0.29) is 17.3 Å². The Bertz CT molecular complexity index is 401. The molecule has 0 radical (unpaired) electrons. The van der Waals surface area contributed by atoms with Gasteiger partial charge in [0.15, 0.2) is 0 Å². The van der Waals surface area contributed by atoms with Gasteiger partial charge in [-0.15, -0.1) is 0 Å². The van der Waals surface area contributed by atoms with Crippen molar-refractivity contribution < 1.29 is 10.0 Å². The fourth-order valence-electron chi connectivity index (χ4n) is 1.62. The largest absolute Gasteiger partial charge is 0.392 e. The number of benzene rings is 1. The van der Waals surface area contributed by atoms with Crippen LogP contribution in [0.4, 0.5) is 5.69 Å². The summed E-state index contributed by atoms with van der Waals surface area (Å²) in [7, 11) is 0. The van der Waals surface area contributed by atoms with E-state index in [4.69, 9.17) is 0 Å². The summed E-state index contributed by atoms with van der Waals surface area (Å²) in [6.07, 6.45) is 0.325. The summed E-state index contributed by atoms with van der Waals surface area (Å²) in [5.74, 6) is 0. The first-order chi connectivity index (χ1) is 8.36. The predicted molar refractivity (Wildman–Crippen MR) is 70.4 cm³/mol. The van der Waals surface area contributed by atoms with Gasteiger partial charge >= 0.3 is 0 Å². The fourth-order valence-corrected chi connectivity index (χ4v) is 1.62. The van der Waals surface area contributed by atoms with Crippen LogP contribution in [0.2, 0.25) is 0 Å². The van der Waals surface area contributed by atoms with E-state index in [9.17, 15) is 15.2 Å². The summed E-state index contributed by atoms with van der Waals surface area (Å²) in [4.78, 5) is 10.2. The third-order valence-electron chi connectivity index (χ3n) is 3.05. The average Bonchev–Trinajstić information content (AvgIpc) is 2.36. The van der Waals surface area contributed by atoms with Gasteiger partial charge in [0.25, 0.3) is 5.69 Å². The van der Waals surface area contributed by atoms with Gasteiger partial charge in [-0.2, -0.15) is 0 Å². The Morgan fingerprint density at radius 2 is 1.94 bits per heavy atom. The monoisotopic (exact) mass is 252 g/mol. The Hall–Kier alpha value is -1.46. The van der Waals surface area contributed by atoms with Crippen LogP contribution in [0.15, 0.2) is 24.3 Å². The summed E-state index contributed by atoms with van der Waals surface area (Å²) in [5, 5.41) is 23.4. The van der Waals surface area contributed by atoms with Gasteiger partial charge in [-0.25, -0.2) is 0 Å². The van der Waals surface area contributed by atoms with Crippen LogP contribution in [0.3, 0.4) is 0 Å². The van der Waals surface area contributed by atoms with Crippen LogP contribution in [0.25, 0.3) is 0 Å². The third kappa shape index (κ3) is 3.78. The van der Waals surface area contributed by atoms with E-state index in [0.29, 0.717) is 13.0 Å². The van der Waals surface area contributed by atoms with E-state index < -0.39 is 4.92 Å². The molecule has 5 nitrogen and oxygen atoms in total. The number of aliphatic hydroxyl groups is 1. The number of rotatable bonds is 6. The highest BCUT2D eigenvalue weighted by Gasteiger charge is 2.21. The molecule has 0 aliphatic heterocycles. The number of hydrogen-bond acceptors (Lipinski definition) is 4. The van der Waals surface area contributed by atoms with Crippen molar-refractivity contribution in [3.8, 4) is 0 Å². The molecule has 1 aromatic rings. The van der Waals surface area contributed by atoms with Gasteiger partial charge in [0.2, 0.25) is 0 Å². The molecule has 18 heavy (non-hydrogen) atoms. The predicted octanol–water partition coefficient (Wildman–Crippen LogP) is 2.19. The minimum atomic E-state index is -0.412. The highest BCUT2D eigenvalue weighted by atomic mass is 16.6. The summed E-state index contributed by atoms with van der Waals surface area (Å²) >= 11 is 0.